The van der Waals surface area contributed by atoms with Crippen molar-refractivity contribution in [1.82, 2.24) is 34.2 Å². The number of piperidine rings is 1. The van der Waals surface area contributed by atoms with E-state index in [0.717, 1.165) is 72.8 Å². The van der Waals surface area contributed by atoms with Gasteiger partial charge < -0.3 is 16.4 Å². The van der Waals surface area contributed by atoms with E-state index in [4.69, 9.17) is 21.4 Å². The molecule has 42 heavy (non-hydrogen) atoms. The number of likely N-dealkylation sites (tertiary alicyclic amines) is 1. The highest BCUT2D eigenvalue weighted by atomic mass is 16.2. The van der Waals surface area contributed by atoms with Gasteiger partial charge in [0.25, 0.3) is 0 Å². The lowest BCUT2D eigenvalue weighted by atomic mass is 10.1. The molecule has 10 heteroatoms. The molecular weight excluding hydrogens is 526 g/mol. The molecule has 7 rings (SSSR count). The summed E-state index contributed by atoms with van der Waals surface area (Å²) in [6.45, 7) is 7.30. The second-order valence-electron chi connectivity index (χ2n) is 11.0. The largest absolute Gasteiger partial charge is 0.383 e. The van der Waals surface area contributed by atoms with Crippen molar-refractivity contribution in [3.05, 3.63) is 90.9 Å². The molecule has 5 heterocycles. The Labute approximate surface area is 244 Å². The first kappa shape index (κ1) is 27.3. The molecule has 10 nitrogen and oxygen atoms in total. The molecule has 1 aliphatic carbocycles. The predicted octanol–water partition coefficient (Wildman–Crippen LogP) is 4.11. The Kier molecular flexibility index (Phi) is 7.54. The van der Waals surface area contributed by atoms with Gasteiger partial charge in [-0.3, -0.25) is 9.36 Å². The van der Waals surface area contributed by atoms with Crippen LogP contribution in [0.2, 0.25) is 0 Å². The number of fused-ring (bicyclic) bond motifs is 2. The van der Waals surface area contributed by atoms with Crippen LogP contribution in [0.4, 0.5) is 5.82 Å². The van der Waals surface area contributed by atoms with Crippen molar-refractivity contribution in [1.29, 1.82) is 0 Å². The van der Waals surface area contributed by atoms with E-state index in [-0.39, 0.29) is 11.9 Å². The van der Waals surface area contributed by atoms with Crippen LogP contribution in [0.1, 0.15) is 30.9 Å². The number of nitrogens with zero attached hydrogens (tertiary/aromatic N) is 7. The number of benzene rings is 1. The topological polar surface area (TPSA) is 134 Å². The second-order valence-corrected chi connectivity index (χ2v) is 11.0. The average Bonchev–Trinajstić information content (AvgIpc) is 3.75. The van der Waals surface area contributed by atoms with Crippen molar-refractivity contribution in [2.45, 2.75) is 38.6 Å². The van der Waals surface area contributed by atoms with Crippen molar-refractivity contribution in [2.75, 3.05) is 18.8 Å². The van der Waals surface area contributed by atoms with Crippen LogP contribution in [0.15, 0.2) is 79.8 Å². The van der Waals surface area contributed by atoms with Crippen LogP contribution in [0, 0.1) is 5.92 Å². The fraction of sp³-hybridized carbons (Fsp3) is 0.281. The number of carbonyl (C=O) groups is 1. The van der Waals surface area contributed by atoms with E-state index in [1.807, 2.05) is 36.5 Å². The highest BCUT2D eigenvalue weighted by Crippen LogP contribution is 2.33. The average molecular weight is 562 g/mol. The first-order chi connectivity index (χ1) is 20.4. The van der Waals surface area contributed by atoms with Gasteiger partial charge >= 0.3 is 0 Å². The van der Waals surface area contributed by atoms with Crippen LogP contribution in [0.25, 0.3) is 34.1 Å². The lowest BCUT2D eigenvalue weighted by Gasteiger charge is -2.29. The van der Waals surface area contributed by atoms with Gasteiger partial charge in [0.1, 0.15) is 11.3 Å². The fourth-order valence-electron chi connectivity index (χ4n) is 5.72. The molecule has 0 spiro atoms. The molecule has 1 aliphatic heterocycles. The molecular formula is C32H35N9O. The third kappa shape index (κ3) is 5.40. The summed E-state index contributed by atoms with van der Waals surface area (Å²) < 4.78 is 3.83. The number of aromatic nitrogens is 6. The van der Waals surface area contributed by atoms with Crippen molar-refractivity contribution < 1.29 is 4.79 Å². The van der Waals surface area contributed by atoms with Crippen LogP contribution < -0.4 is 11.5 Å². The summed E-state index contributed by atoms with van der Waals surface area (Å²) in [5.74, 6) is 2.61. The van der Waals surface area contributed by atoms with Crippen LogP contribution in [-0.4, -0.2) is 59.2 Å². The van der Waals surface area contributed by atoms with Gasteiger partial charge in [-0.05, 0) is 91.3 Å². The Bertz CT molecular complexity index is 1730. The Morgan fingerprint density at radius 2 is 1.83 bits per heavy atom. The lowest BCUT2D eigenvalue weighted by molar-refractivity contribution is -0.126. The number of rotatable bonds is 4. The molecule has 2 aliphatic rings. The first-order valence-corrected chi connectivity index (χ1v) is 14.3. The second kappa shape index (κ2) is 11.6. The number of hydrogen-bond acceptors (Lipinski definition) is 7. The van der Waals surface area contributed by atoms with Gasteiger partial charge in [0.15, 0.2) is 17.3 Å². The molecule has 1 atom stereocenters. The Morgan fingerprint density at radius 3 is 2.57 bits per heavy atom. The van der Waals surface area contributed by atoms with Crippen LogP contribution in [0.3, 0.4) is 0 Å². The molecule has 0 saturated carbocycles. The van der Waals surface area contributed by atoms with Crippen molar-refractivity contribution in [3.63, 3.8) is 0 Å². The van der Waals surface area contributed by atoms with Gasteiger partial charge in [-0.15, -0.1) is 0 Å². The molecule has 1 unspecified atom stereocenters. The lowest BCUT2D eigenvalue weighted by Crippen LogP contribution is -2.42. The fourth-order valence-corrected chi connectivity index (χ4v) is 5.72. The first-order valence-electron chi connectivity index (χ1n) is 14.3. The summed E-state index contributed by atoms with van der Waals surface area (Å²) in [7, 11) is 0. The van der Waals surface area contributed by atoms with E-state index in [1.165, 1.54) is 17.2 Å². The number of amides is 1. The van der Waals surface area contributed by atoms with Crippen LogP contribution in [0.5, 0.6) is 0 Å². The number of carbonyl (C=O) groups excluding carboxylic acids is 1. The number of nitrogen functional groups attached to an aromatic ring is 1. The van der Waals surface area contributed by atoms with E-state index in [9.17, 15) is 4.79 Å². The van der Waals surface area contributed by atoms with Gasteiger partial charge in [0.05, 0.1) is 5.56 Å². The van der Waals surface area contributed by atoms with Gasteiger partial charge in [0.2, 0.25) is 5.91 Å². The SMILES string of the molecule is C=CC(=O)N1CCC(N)CC1.CC1Cc2ccc(-n3c(-c4cccnc4N)nc4ccc(-n5cccn5)nc43)cc2C1. The van der Waals surface area contributed by atoms with Crippen molar-refractivity contribution in [2.24, 2.45) is 11.7 Å². The molecule has 4 N–H and O–H groups in total. The zero-order chi connectivity index (χ0) is 29.2. The highest BCUT2D eigenvalue weighted by molar-refractivity contribution is 5.87. The molecule has 1 aromatic carbocycles. The maximum absolute atomic E-state index is 11.0. The quantitative estimate of drug-likeness (QED) is 0.316. The van der Waals surface area contributed by atoms with Crippen molar-refractivity contribution >= 4 is 22.9 Å². The van der Waals surface area contributed by atoms with E-state index >= 15 is 0 Å². The zero-order valence-corrected chi connectivity index (χ0v) is 23.7. The molecule has 1 amide bonds. The Morgan fingerprint density at radius 1 is 1.02 bits per heavy atom. The molecule has 0 bridgehead atoms. The normalized spacial score (nSPS) is 16.6. The third-order valence-electron chi connectivity index (χ3n) is 7.92. The third-order valence-corrected chi connectivity index (χ3v) is 7.92. The highest BCUT2D eigenvalue weighted by Gasteiger charge is 2.22. The summed E-state index contributed by atoms with van der Waals surface area (Å²) in [6, 6.07) is 16.5. The van der Waals surface area contributed by atoms with Crippen molar-refractivity contribution in [3.8, 4) is 22.9 Å². The number of anilines is 1. The summed E-state index contributed by atoms with van der Waals surface area (Å²) >= 11 is 0. The monoisotopic (exact) mass is 561 g/mol. The number of hydrogen-bond donors (Lipinski definition) is 2. The van der Waals surface area contributed by atoms with Gasteiger partial charge in [-0.2, -0.15) is 5.10 Å². The molecule has 1 saturated heterocycles. The molecule has 4 aromatic heterocycles. The standard InChI is InChI=1S/C24H21N7.C8H14N2O/c1-15-12-16-5-6-18(14-17(16)13-15)31-23(19-4-2-9-26-22(19)25)28-20-7-8-21(29-24(20)31)30-11-3-10-27-30;1-2-8(11)10-5-3-7(9)4-6-10/h2-11,14-15H,12-13H2,1H3,(H2,25,26);2,7H,1,3-6,9H2. The Balaban J connectivity index is 0.000000244. The zero-order valence-electron chi connectivity index (χ0n) is 23.7. The summed E-state index contributed by atoms with van der Waals surface area (Å²) in [5, 5.41) is 4.32. The van der Waals surface area contributed by atoms with Gasteiger partial charge in [0, 0.05) is 43.4 Å². The van der Waals surface area contributed by atoms with E-state index in [2.05, 4.69) is 46.4 Å². The molecule has 0 radical (unpaired) electrons. The maximum Gasteiger partial charge on any atom is 0.245 e. The molecule has 214 valence electrons. The summed E-state index contributed by atoms with van der Waals surface area (Å²) in [6.07, 6.45) is 10.7. The molecule has 1 fully saturated rings. The van der Waals surface area contributed by atoms with E-state index in [0.29, 0.717) is 11.7 Å². The van der Waals surface area contributed by atoms with Crippen LogP contribution in [-0.2, 0) is 17.6 Å². The minimum atomic E-state index is 0.0249. The van der Waals surface area contributed by atoms with E-state index < -0.39 is 0 Å². The maximum atomic E-state index is 11.0. The molecule has 5 aromatic rings. The van der Waals surface area contributed by atoms with Gasteiger partial charge in [-0.25, -0.2) is 19.6 Å². The minimum Gasteiger partial charge on any atom is -0.383 e. The smallest absolute Gasteiger partial charge is 0.245 e. The number of imidazole rings is 1. The minimum absolute atomic E-state index is 0.0249. The summed E-state index contributed by atoms with van der Waals surface area (Å²) in [5.41, 5.74) is 18.1. The summed E-state index contributed by atoms with van der Waals surface area (Å²) in [4.78, 5) is 26.9. The van der Waals surface area contributed by atoms with Crippen LogP contribution >= 0.6 is 0 Å². The predicted molar refractivity (Wildman–Crippen MR) is 164 cm³/mol. The van der Waals surface area contributed by atoms with Gasteiger partial charge in [-0.1, -0.05) is 19.6 Å². The number of nitrogens with two attached hydrogens (primary N) is 2. The van der Waals surface area contributed by atoms with E-state index in [1.54, 1.807) is 22.0 Å². The Hall–Kier alpha value is -4.83. The number of pyridine rings is 2.